The van der Waals surface area contributed by atoms with Gasteiger partial charge in [0.2, 0.25) is 0 Å². The highest BCUT2D eigenvalue weighted by molar-refractivity contribution is 5.66. The average Bonchev–Trinajstić information content (AvgIpc) is 2.71. The number of aromatic hydroxyl groups is 1. The maximum absolute atomic E-state index is 10.3. The van der Waals surface area contributed by atoms with Crippen LogP contribution in [0.4, 0.5) is 0 Å². The molecule has 0 amide bonds. The topological polar surface area (TPSA) is 57.5 Å². The number of rotatable bonds is 16. The second-order valence-electron chi connectivity index (χ2n) is 9.48. The molecule has 0 unspecified atom stereocenters. The summed E-state index contributed by atoms with van der Waals surface area (Å²) in [5.74, 6) is 0.600. The van der Waals surface area contributed by atoms with Crippen molar-refractivity contribution in [2.45, 2.75) is 136 Å². The van der Waals surface area contributed by atoms with Gasteiger partial charge < -0.3 is 10.2 Å². The van der Waals surface area contributed by atoms with Crippen LogP contribution in [-0.2, 0) is 4.79 Å². The van der Waals surface area contributed by atoms with Crippen LogP contribution in [0.1, 0.15) is 147 Å². The Morgan fingerprint density at radius 2 is 1.06 bits per heavy atom. The van der Waals surface area contributed by atoms with Crippen molar-refractivity contribution in [1.82, 2.24) is 0 Å². The molecule has 1 aromatic carbocycles. The number of benzene rings is 1. The van der Waals surface area contributed by atoms with Gasteiger partial charge in [0, 0.05) is 6.42 Å². The zero-order valence-corrected chi connectivity index (χ0v) is 21.1. The minimum absolute atomic E-state index is 0.345. The summed E-state index contributed by atoms with van der Waals surface area (Å²) in [7, 11) is 0. The predicted octanol–water partition coefficient (Wildman–Crippen LogP) is 9.19. The van der Waals surface area contributed by atoms with Gasteiger partial charge in [0.15, 0.2) is 0 Å². The van der Waals surface area contributed by atoms with E-state index in [-0.39, 0.29) is 0 Å². The van der Waals surface area contributed by atoms with Gasteiger partial charge >= 0.3 is 5.97 Å². The fraction of sp³-hybridized carbons (Fsp3) is 0.750. The smallest absolute Gasteiger partial charge is 0.303 e. The molecule has 31 heavy (non-hydrogen) atoms. The lowest BCUT2D eigenvalue weighted by molar-refractivity contribution is -0.137. The van der Waals surface area contributed by atoms with Crippen molar-refractivity contribution in [3.05, 3.63) is 29.3 Å². The number of phenolic OH excluding ortho intramolecular Hbond substituents is 1. The zero-order chi connectivity index (χ0) is 23.5. The highest BCUT2D eigenvalue weighted by atomic mass is 16.4. The van der Waals surface area contributed by atoms with Crippen molar-refractivity contribution in [2.24, 2.45) is 0 Å². The monoisotopic (exact) mass is 434 g/mol. The van der Waals surface area contributed by atoms with Crippen LogP contribution >= 0.6 is 0 Å². The number of carboxylic acids is 1. The number of unbranched alkanes of at least 4 members (excludes halogenated alkanes) is 12. The van der Waals surface area contributed by atoms with Crippen molar-refractivity contribution in [2.75, 3.05) is 0 Å². The van der Waals surface area contributed by atoms with E-state index in [0.29, 0.717) is 24.0 Å². The summed E-state index contributed by atoms with van der Waals surface area (Å²) in [5.41, 5.74) is 2.09. The van der Waals surface area contributed by atoms with Gasteiger partial charge in [0.1, 0.15) is 5.75 Å². The van der Waals surface area contributed by atoms with Crippen molar-refractivity contribution >= 4 is 5.97 Å². The lowest BCUT2D eigenvalue weighted by Crippen LogP contribution is -1.94. The molecule has 0 aliphatic heterocycles. The van der Waals surface area contributed by atoms with E-state index < -0.39 is 5.97 Å². The van der Waals surface area contributed by atoms with E-state index in [9.17, 15) is 9.90 Å². The third-order valence-corrected chi connectivity index (χ3v) is 5.84. The van der Waals surface area contributed by atoms with Gasteiger partial charge in [-0.1, -0.05) is 130 Å². The quantitative estimate of drug-likeness (QED) is 0.255. The molecule has 1 rings (SSSR count). The summed E-state index contributed by atoms with van der Waals surface area (Å²) in [5, 5.41) is 18.4. The Morgan fingerprint density at radius 3 is 1.39 bits per heavy atom. The fourth-order valence-electron chi connectivity index (χ4n) is 3.81. The molecular weight excluding hydrogens is 384 g/mol. The Morgan fingerprint density at radius 1 is 0.710 bits per heavy atom. The normalized spacial score (nSPS) is 10.9. The first-order valence-corrected chi connectivity index (χ1v) is 12.8. The molecule has 0 spiro atoms. The van der Waals surface area contributed by atoms with Gasteiger partial charge in [-0.05, 0) is 29.4 Å². The molecule has 1 aromatic rings. The van der Waals surface area contributed by atoms with Gasteiger partial charge in [0.25, 0.3) is 0 Å². The number of carbonyl (C=O) groups is 1. The van der Waals surface area contributed by atoms with E-state index >= 15 is 0 Å². The maximum atomic E-state index is 10.3. The van der Waals surface area contributed by atoms with E-state index in [1.165, 1.54) is 70.6 Å². The number of phenols is 1. The second-order valence-corrected chi connectivity index (χ2v) is 9.48. The van der Waals surface area contributed by atoms with Gasteiger partial charge in [-0.3, -0.25) is 4.79 Å². The fourth-order valence-corrected chi connectivity index (χ4v) is 3.81. The highest BCUT2D eigenvalue weighted by Gasteiger charge is 2.11. The van der Waals surface area contributed by atoms with Crippen LogP contribution in [0.5, 0.6) is 5.75 Å². The Labute approximate surface area is 192 Å². The number of aliphatic carboxylic acids is 1. The number of carboxylic acid groups (broad SMARTS) is 1. The molecule has 0 saturated carbocycles. The SMILES string of the molecule is CC(C)c1cccc(C(C)C)c1O.CCCCCCCCCCCCCCCC(=O)O. The van der Waals surface area contributed by atoms with Crippen LogP contribution < -0.4 is 0 Å². The first-order valence-electron chi connectivity index (χ1n) is 12.8. The van der Waals surface area contributed by atoms with Crippen LogP contribution in [0.3, 0.4) is 0 Å². The Hall–Kier alpha value is -1.51. The maximum Gasteiger partial charge on any atom is 0.303 e. The molecule has 0 aromatic heterocycles. The molecule has 3 nitrogen and oxygen atoms in total. The summed E-state index contributed by atoms with van der Waals surface area (Å²) < 4.78 is 0. The summed E-state index contributed by atoms with van der Waals surface area (Å²) >= 11 is 0. The first kappa shape index (κ1) is 29.5. The Balaban J connectivity index is 0.000000609. The van der Waals surface area contributed by atoms with Crippen LogP contribution in [0, 0.1) is 0 Å². The lowest BCUT2D eigenvalue weighted by Gasteiger charge is -2.14. The van der Waals surface area contributed by atoms with Crippen molar-refractivity contribution in [1.29, 1.82) is 0 Å². The van der Waals surface area contributed by atoms with Gasteiger partial charge in [0.05, 0.1) is 0 Å². The van der Waals surface area contributed by atoms with Crippen LogP contribution in [-0.4, -0.2) is 16.2 Å². The van der Waals surface area contributed by atoms with E-state index in [4.69, 9.17) is 5.11 Å². The predicted molar refractivity (Wildman–Crippen MR) is 134 cm³/mol. The third kappa shape index (κ3) is 15.9. The minimum Gasteiger partial charge on any atom is -0.507 e. The van der Waals surface area contributed by atoms with E-state index in [0.717, 1.165) is 24.0 Å². The van der Waals surface area contributed by atoms with Crippen LogP contribution in [0.25, 0.3) is 0 Å². The molecule has 0 aliphatic rings. The molecule has 180 valence electrons. The summed E-state index contributed by atoms with van der Waals surface area (Å²) in [6.45, 7) is 10.6. The average molecular weight is 435 g/mol. The highest BCUT2D eigenvalue weighted by Crippen LogP contribution is 2.32. The second kappa shape index (κ2) is 19.2. The van der Waals surface area contributed by atoms with Crippen molar-refractivity contribution < 1.29 is 15.0 Å². The van der Waals surface area contributed by atoms with Gasteiger partial charge in [-0.15, -0.1) is 0 Å². The molecule has 0 saturated heterocycles. The van der Waals surface area contributed by atoms with E-state index in [2.05, 4.69) is 34.6 Å². The third-order valence-electron chi connectivity index (χ3n) is 5.84. The Bertz CT molecular complexity index is 537. The zero-order valence-electron chi connectivity index (χ0n) is 21.1. The van der Waals surface area contributed by atoms with E-state index in [1.807, 2.05) is 18.2 Å². The van der Waals surface area contributed by atoms with Gasteiger partial charge in [-0.2, -0.15) is 0 Å². The van der Waals surface area contributed by atoms with E-state index in [1.54, 1.807) is 0 Å². The Kier molecular flexibility index (Phi) is 18.3. The number of hydrogen-bond acceptors (Lipinski definition) is 2. The number of para-hydroxylation sites is 1. The molecule has 0 atom stereocenters. The molecule has 3 heteroatoms. The molecule has 0 bridgehead atoms. The van der Waals surface area contributed by atoms with Gasteiger partial charge in [-0.25, -0.2) is 0 Å². The summed E-state index contributed by atoms with van der Waals surface area (Å²) in [6, 6.07) is 6.00. The van der Waals surface area contributed by atoms with Crippen molar-refractivity contribution in [3.63, 3.8) is 0 Å². The minimum atomic E-state index is -0.655. The van der Waals surface area contributed by atoms with Crippen LogP contribution in [0.2, 0.25) is 0 Å². The molecule has 0 heterocycles. The largest absolute Gasteiger partial charge is 0.507 e. The molecule has 2 N–H and O–H groups in total. The summed E-state index contributed by atoms with van der Waals surface area (Å²) in [4.78, 5) is 10.3. The van der Waals surface area contributed by atoms with Crippen molar-refractivity contribution in [3.8, 4) is 5.75 Å². The molecule has 0 fully saturated rings. The number of hydrogen-bond donors (Lipinski definition) is 2. The van der Waals surface area contributed by atoms with Crippen LogP contribution in [0.15, 0.2) is 18.2 Å². The lowest BCUT2D eigenvalue weighted by atomic mass is 9.94. The first-order chi connectivity index (χ1) is 14.8. The summed E-state index contributed by atoms with van der Waals surface area (Å²) in [6.07, 6.45) is 17.3. The molecule has 0 aliphatic carbocycles. The molecular formula is C28H50O3. The standard InChI is InChI=1S/C16H32O2.C12H18O/c1-2-3-4-5-6-7-8-9-10-11-12-13-14-15-16(17)18;1-8(2)10-6-5-7-11(9(3)4)12(10)13/h2-15H2,1H3,(H,17,18);5-9,13H,1-4H3. The molecule has 0 radical (unpaired) electrons.